The van der Waals surface area contributed by atoms with Gasteiger partial charge >= 0.3 is 11.9 Å². The molecule has 0 aliphatic carbocycles. The maximum absolute atomic E-state index is 11.2. The van der Waals surface area contributed by atoms with Crippen LogP contribution in [0, 0.1) is 0 Å². The summed E-state index contributed by atoms with van der Waals surface area (Å²) in [6.45, 7) is 0.249. The van der Waals surface area contributed by atoms with Crippen LogP contribution >= 0.6 is 0 Å². The Bertz CT molecular complexity index is 649. The molecule has 2 aromatic rings. The van der Waals surface area contributed by atoms with Crippen LogP contribution in [-0.4, -0.2) is 22.2 Å². The second-order valence-electron chi connectivity index (χ2n) is 4.48. The Morgan fingerprint density at radius 3 is 2.29 bits per heavy atom. The highest BCUT2D eigenvalue weighted by molar-refractivity contribution is 5.91. The average molecular weight is 286 g/mol. The van der Waals surface area contributed by atoms with E-state index in [2.05, 4.69) is 0 Å². The monoisotopic (exact) mass is 286 g/mol. The van der Waals surface area contributed by atoms with Gasteiger partial charge in [-0.05, 0) is 23.3 Å². The van der Waals surface area contributed by atoms with Gasteiger partial charge in [0.05, 0.1) is 6.42 Å². The lowest BCUT2D eigenvalue weighted by Crippen LogP contribution is -2.06. The molecule has 0 saturated heterocycles. The number of hydrogen-bond acceptors (Lipinski definition) is 3. The molecule has 21 heavy (non-hydrogen) atoms. The predicted molar refractivity (Wildman–Crippen MR) is 75.5 cm³/mol. The van der Waals surface area contributed by atoms with Crippen LogP contribution in [0.2, 0.25) is 0 Å². The van der Waals surface area contributed by atoms with E-state index in [1.165, 1.54) is 12.1 Å². The number of carboxylic acid groups (broad SMARTS) is 2. The molecule has 5 nitrogen and oxygen atoms in total. The zero-order valence-corrected chi connectivity index (χ0v) is 11.2. The predicted octanol–water partition coefficient (Wildman–Crippen LogP) is 2.59. The first-order chi connectivity index (χ1) is 10.1. The Labute approximate surface area is 121 Å². The van der Waals surface area contributed by atoms with Crippen molar-refractivity contribution in [2.45, 2.75) is 13.0 Å². The lowest BCUT2D eigenvalue weighted by Gasteiger charge is -2.10. The van der Waals surface area contributed by atoms with Crippen LogP contribution < -0.4 is 4.74 Å². The maximum Gasteiger partial charge on any atom is 0.339 e. The van der Waals surface area contributed by atoms with Gasteiger partial charge in [-0.2, -0.15) is 0 Å². The molecule has 0 heterocycles. The molecule has 0 atom stereocenters. The third-order valence-corrected chi connectivity index (χ3v) is 2.87. The molecule has 0 saturated carbocycles. The number of hydrogen-bond donors (Lipinski definition) is 2. The molecule has 2 aromatic carbocycles. The van der Waals surface area contributed by atoms with E-state index in [-0.39, 0.29) is 24.3 Å². The van der Waals surface area contributed by atoms with E-state index in [9.17, 15) is 14.7 Å². The lowest BCUT2D eigenvalue weighted by molar-refractivity contribution is -0.136. The Balaban J connectivity index is 2.18. The largest absolute Gasteiger partial charge is 0.488 e. The molecule has 0 spiro atoms. The summed E-state index contributed by atoms with van der Waals surface area (Å²) in [5.74, 6) is -1.94. The number of carboxylic acids is 2. The first-order valence-corrected chi connectivity index (χ1v) is 6.31. The Hall–Kier alpha value is -2.82. The zero-order valence-electron chi connectivity index (χ0n) is 11.2. The van der Waals surface area contributed by atoms with Crippen molar-refractivity contribution in [3.8, 4) is 5.75 Å². The topological polar surface area (TPSA) is 83.8 Å². The number of aromatic carboxylic acids is 1. The zero-order chi connectivity index (χ0) is 15.2. The van der Waals surface area contributed by atoms with Gasteiger partial charge in [-0.3, -0.25) is 4.79 Å². The molecular formula is C16H14O5. The number of benzene rings is 2. The highest BCUT2D eigenvalue weighted by Crippen LogP contribution is 2.22. The van der Waals surface area contributed by atoms with Gasteiger partial charge in [0.25, 0.3) is 0 Å². The second-order valence-corrected chi connectivity index (χ2v) is 4.48. The number of ether oxygens (including phenoxy) is 1. The van der Waals surface area contributed by atoms with Crippen LogP contribution in [0.1, 0.15) is 21.5 Å². The molecule has 0 amide bonds. The van der Waals surface area contributed by atoms with E-state index in [1.807, 2.05) is 30.3 Å². The summed E-state index contributed by atoms with van der Waals surface area (Å²) >= 11 is 0. The molecule has 0 unspecified atom stereocenters. The normalized spacial score (nSPS) is 10.1. The van der Waals surface area contributed by atoms with Crippen molar-refractivity contribution in [1.29, 1.82) is 0 Å². The van der Waals surface area contributed by atoms with Gasteiger partial charge in [0.2, 0.25) is 0 Å². The maximum atomic E-state index is 11.2. The second kappa shape index (κ2) is 6.56. The van der Waals surface area contributed by atoms with Crippen LogP contribution in [-0.2, 0) is 17.8 Å². The van der Waals surface area contributed by atoms with Gasteiger partial charge < -0.3 is 14.9 Å². The third kappa shape index (κ3) is 4.07. The van der Waals surface area contributed by atoms with Crippen molar-refractivity contribution in [1.82, 2.24) is 0 Å². The SMILES string of the molecule is O=C(O)Cc1ccc(OCc2ccccc2)c(C(=O)O)c1. The van der Waals surface area contributed by atoms with Crippen molar-refractivity contribution in [3.05, 3.63) is 65.2 Å². The minimum atomic E-state index is -1.15. The standard InChI is InChI=1S/C16H14O5/c17-15(18)9-12-6-7-14(13(8-12)16(19)20)21-10-11-4-2-1-3-5-11/h1-8H,9-10H2,(H,17,18)(H,19,20). The molecular weight excluding hydrogens is 272 g/mol. The molecule has 0 aliphatic heterocycles. The van der Waals surface area contributed by atoms with Crippen LogP contribution in [0.5, 0.6) is 5.75 Å². The van der Waals surface area contributed by atoms with Crippen molar-refractivity contribution in [2.24, 2.45) is 0 Å². The molecule has 2 N–H and O–H groups in total. The summed E-state index contributed by atoms with van der Waals surface area (Å²) in [6.07, 6.45) is -0.223. The van der Waals surface area contributed by atoms with Gasteiger partial charge in [-0.25, -0.2) is 4.79 Å². The third-order valence-electron chi connectivity index (χ3n) is 2.87. The van der Waals surface area contributed by atoms with Crippen molar-refractivity contribution < 1.29 is 24.5 Å². The number of rotatable bonds is 6. The van der Waals surface area contributed by atoms with E-state index >= 15 is 0 Å². The number of carbonyl (C=O) groups is 2. The molecule has 2 rings (SSSR count). The minimum Gasteiger partial charge on any atom is -0.488 e. The van der Waals surface area contributed by atoms with E-state index < -0.39 is 11.9 Å². The molecule has 0 aliphatic rings. The van der Waals surface area contributed by atoms with Crippen molar-refractivity contribution >= 4 is 11.9 Å². The van der Waals surface area contributed by atoms with Gasteiger partial charge in [-0.1, -0.05) is 36.4 Å². The van der Waals surface area contributed by atoms with Gasteiger partial charge in [0, 0.05) is 0 Å². The van der Waals surface area contributed by atoms with Crippen molar-refractivity contribution in [3.63, 3.8) is 0 Å². The van der Waals surface area contributed by atoms with E-state index in [4.69, 9.17) is 9.84 Å². The fourth-order valence-electron chi connectivity index (χ4n) is 1.89. The highest BCUT2D eigenvalue weighted by Gasteiger charge is 2.13. The van der Waals surface area contributed by atoms with Crippen LogP contribution in [0.3, 0.4) is 0 Å². The minimum absolute atomic E-state index is 0.0373. The van der Waals surface area contributed by atoms with Gasteiger partial charge in [-0.15, -0.1) is 0 Å². The summed E-state index contributed by atoms with van der Waals surface area (Å²) in [7, 11) is 0. The van der Waals surface area contributed by atoms with Crippen LogP contribution in [0.25, 0.3) is 0 Å². The first kappa shape index (κ1) is 14.6. The van der Waals surface area contributed by atoms with Crippen molar-refractivity contribution in [2.75, 3.05) is 0 Å². The van der Waals surface area contributed by atoms with Crippen LogP contribution in [0.4, 0.5) is 0 Å². The number of aliphatic carboxylic acids is 1. The van der Waals surface area contributed by atoms with Gasteiger partial charge in [0.15, 0.2) is 0 Å². The summed E-state index contributed by atoms with van der Waals surface area (Å²) < 4.78 is 5.52. The van der Waals surface area contributed by atoms with E-state index in [0.29, 0.717) is 5.56 Å². The lowest BCUT2D eigenvalue weighted by atomic mass is 10.1. The average Bonchev–Trinajstić information content (AvgIpc) is 2.46. The van der Waals surface area contributed by atoms with E-state index in [1.54, 1.807) is 6.07 Å². The van der Waals surface area contributed by atoms with E-state index in [0.717, 1.165) is 5.56 Å². The molecule has 0 fully saturated rings. The summed E-state index contributed by atoms with van der Waals surface area (Å²) in [5.41, 5.74) is 1.31. The smallest absolute Gasteiger partial charge is 0.339 e. The summed E-state index contributed by atoms with van der Waals surface area (Å²) in [4.78, 5) is 21.9. The fraction of sp³-hybridized carbons (Fsp3) is 0.125. The Morgan fingerprint density at radius 1 is 0.952 bits per heavy atom. The Kier molecular flexibility index (Phi) is 4.56. The van der Waals surface area contributed by atoms with Gasteiger partial charge in [0.1, 0.15) is 17.9 Å². The molecule has 108 valence electrons. The Morgan fingerprint density at radius 2 is 1.67 bits per heavy atom. The quantitative estimate of drug-likeness (QED) is 0.852. The molecule has 0 bridgehead atoms. The fourth-order valence-corrected chi connectivity index (χ4v) is 1.89. The molecule has 0 aromatic heterocycles. The first-order valence-electron chi connectivity index (χ1n) is 6.31. The molecule has 5 heteroatoms. The van der Waals surface area contributed by atoms with Crippen LogP contribution in [0.15, 0.2) is 48.5 Å². The summed E-state index contributed by atoms with van der Waals surface area (Å²) in [5, 5.41) is 17.9. The molecule has 0 radical (unpaired) electrons. The summed E-state index contributed by atoms with van der Waals surface area (Å²) in [6, 6.07) is 13.7. The highest BCUT2D eigenvalue weighted by atomic mass is 16.5.